The van der Waals surface area contributed by atoms with E-state index in [1.807, 2.05) is 24.3 Å². The Balaban J connectivity index is 1.63. The summed E-state index contributed by atoms with van der Waals surface area (Å²) in [6.45, 7) is 0.354. The predicted molar refractivity (Wildman–Crippen MR) is 97.8 cm³/mol. The van der Waals surface area contributed by atoms with Crippen LogP contribution in [0.2, 0.25) is 0 Å². The number of anilines is 3. The Morgan fingerprint density at radius 3 is 2.80 bits per heavy atom. The lowest BCUT2D eigenvalue weighted by Gasteiger charge is -2.29. The van der Waals surface area contributed by atoms with Crippen LogP contribution in [0.5, 0.6) is 5.75 Å². The molecule has 0 fully saturated rings. The fourth-order valence-corrected chi connectivity index (χ4v) is 2.99. The summed E-state index contributed by atoms with van der Waals surface area (Å²) in [5.41, 5.74) is 8.95. The van der Waals surface area contributed by atoms with E-state index in [1.54, 1.807) is 23.1 Å². The third-order valence-corrected chi connectivity index (χ3v) is 4.27. The second-order valence-electron chi connectivity index (χ2n) is 5.93. The van der Waals surface area contributed by atoms with E-state index in [2.05, 4.69) is 5.32 Å². The molecule has 0 unspecified atom stereocenters. The SMILES string of the molecule is COc1ccc(NC(=O)CCN2C(=O)CCc3ccccc32)cc1N. The molecular weight excluding hydrogens is 318 g/mol. The number of hydrogen-bond donors (Lipinski definition) is 2. The van der Waals surface area contributed by atoms with Crippen LogP contribution in [0.1, 0.15) is 18.4 Å². The fourth-order valence-electron chi connectivity index (χ4n) is 2.99. The zero-order valence-corrected chi connectivity index (χ0v) is 14.1. The minimum atomic E-state index is -0.166. The van der Waals surface area contributed by atoms with Crippen LogP contribution >= 0.6 is 0 Å². The van der Waals surface area contributed by atoms with Gasteiger partial charge in [-0.1, -0.05) is 18.2 Å². The van der Waals surface area contributed by atoms with Crippen molar-refractivity contribution in [2.75, 3.05) is 29.6 Å². The first-order chi connectivity index (χ1) is 12.1. The number of hydrogen-bond acceptors (Lipinski definition) is 4. The van der Waals surface area contributed by atoms with Crippen molar-refractivity contribution in [3.05, 3.63) is 48.0 Å². The molecule has 6 nitrogen and oxygen atoms in total. The number of aryl methyl sites for hydroxylation is 1. The number of carbonyl (C=O) groups is 2. The molecule has 1 aliphatic rings. The summed E-state index contributed by atoms with van der Waals surface area (Å²) in [5.74, 6) is 0.453. The molecule has 3 rings (SSSR count). The van der Waals surface area contributed by atoms with Crippen LogP contribution in [-0.2, 0) is 16.0 Å². The molecule has 130 valence electrons. The van der Waals surface area contributed by atoms with Gasteiger partial charge >= 0.3 is 0 Å². The van der Waals surface area contributed by atoms with Crippen LogP contribution in [0.3, 0.4) is 0 Å². The summed E-state index contributed by atoms with van der Waals surface area (Å²) in [6, 6.07) is 12.9. The van der Waals surface area contributed by atoms with Gasteiger partial charge in [-0.05, 0) is 36.2 Å². The first-order valence-corrected chi connectivity index (χ1v) is 8.20. The molecule has 1 aliphatic heterocycles. The zero-order valence-electron chi connectivity index (χ0n) is 14.1. The maximum absolute atomic E-state index is 12.2. The molecule has 0 saturated heterocycles. The number of nitrogens with two attached hydrogens (primary N) is 1. The van der Waals surface area contributed by atoms with E-state index in [4.69, 9.17) is 10.5 Å². The Hall–Kier alpha value is -3.02. The summed E-state index contributed by atoms with van der Waals surface area (Å²) in [7, 11) is 1.54. The molecule has 25 heavy (non-hydrogen) atoms. The number of methoxy groups -OCH3 is 1. The van der Waals surface area contributed by atoms with Gasteiger partial charge in [0.1, 0.15) is 5.75 Å². The van der Waals surface area contributed by atoms with Crippen LogP contribution in [-0.4, -0.2) is 25.5 Å². The highest BCUT2D eigenvalue weighted by atomic mass is 16.5. The van der Waals surface area contributed by atoms with E-state index in [0.717, 1.165) is 17.7 Å². The van der Waals surface area contributed by atoms with E-state index in [0.29, 0.717) is 30.1 Å². The molecule has 1 heterocycles. The Morgan fingerprint density at radius 2 is 2.04 bits per heavy atom. The third kappa shape index (κ3) is 3.74. The maximum Gasteiger partial charge on any atom is 0.227 e. The van der Waals surface area contributed by atoms with Gasteiger partial charge in [-0.25, -0.2) is 0 Å². The van der Waals surface area contributed by atoms with Crippen LogP contribution in [0.25, 0.3) is 0 Å². The van der Waals surface area contributed by atoms with Crippen molar-refractivity contribution in [1.29, 1.82) is 0 Å². The zero-order chi connectivity index (χ0) is 17.8. The van der Waals surface area contributed by atoms with E-state index in [9.17, 15) is 9.59 Å². The third-order valence-electron chi connectivity index (χ3n) is 4.27. The van der Waals surface area contributed by atoms with E-state index >= 15 is 0 Å². The molecule has 2 amide bonds. The van der Waals surface area contributed by atoms with Gasteiger partial charge in [0, 0.05) is 30.8 Å². The number of para-hydroxylation sites is 1. The van der Waals surface area contributed by atoms with Gasteiger partial charge < -0.3 is 20.7 Å². The lowest BCUT2D eigenvalue weighted by molar-refractivity contribution is -0.119. The molecular formula is C19H21N3O3. The van der Waals surface area contributed by atoms with Crippen LogP contribution in [0.4, 0.5) is 17.1 Å². The van der Waals surface area contributed by atoms with Crippen molar-refractivity contribution in [3.63, 3.8) is 0 Å². The van der Waals surface area contributed by atoms with Crippen molar-refractivity contribution < 1.29 is 14.3 Å². The number of ether oxygens (including phenoxy) is 1. The van der Waals surface area contributed by atoms with Gasteiger partial charge in [-0.15, -0.1) is 0 Å². The molecule has 0 saturated carbocycles. The summed E-state index contributed by atoms with van der Waals surface area (Å²) in [5, 5.41) is 2.80. The molecule has 0 atom stereocenters. The highest BCUT2D eigenvalue weighted by molar-refractivity contribution is 5.98. The molecule has 0 aliphatic carbocycles. The van der Waals surface area contributed by atoms with Gasteiger partial charge in [0.2, 0.25) is 11.8 Å². The topological polar surface area (TPSA) is 84.7 Å². The first-order valence-electron chi connectivity index (χ1n) is 8.20. The van der Waals surface area contributed by atoms with Crippen LogP contribution in [0, 0.1) is 0 Å². The van der Waals surface area contributed by atoms with Gasteiger partial charge in [-0.3, -0.25) is 9.59 Å². The van der Waals surface area contributed by atoms with Crippen molar-refractivity contribution in [1.82, 2.24) is 0 Å². The number of benzene rings is 2. The second-order valence-corrected chi connectivity index (χ2v) is 5.93. The highest BCUT2D eigenvalue weighted by Gasteiger charge is 2.23. The number of fused-ring (bicyclic) bond motifs is 1. The summed E-state index contributed by atoms with van der Waals surface area (Å²) in [6.07, 6.45) is 1.45. The quantitative estimate of drug-likeness (QED) is 0.820. The minimum absolute atomic E-state index is 0.0557. The van der Waals surface area contributed by atoms with E-state index < -0.39 is 0 Å². The Labute approximate surface area is 146 Å². The smallest absolute Gasteiger partial charge is 0.227 e. The van der Waals surface area contributed by atoms with Gasteiger partial charge in [0.25, 0.3) is 0 Å². The number of nitrogen functional groups attached to an aromatic ring is 1. The first kappa shape index (κ1) is 16.8. The molecule has 0 radical (unpaired) electrons. The van der Waals surface area contributed by atoms with Crippen molar-refractivity contribution in [2.24, 2.45) is 0 Å². The average molecular weight is 339 g/mol. The van der Waals surface area contributed by atoms with Gasteiger partial charge in [0.05, 0.1) is 12.8 Å². The van der Waals surface area contributed by atoms with Crippen molar-refractivity contribution >= 4 is 28.9 Å². The summed E-state index contributed by atoms with van der Waals surface area (Å²) in [4.78, 5) is 26.1. The molecule has 0 bridgehead atoms. The molecule has 6 heteroatoms. The maximum atomic E-state index is 12.2. The lowest BCUT2D eigenvalue weighted by Crippen LogP contribution is -2.37. The Morgan fingerprint density at radius 1 is 1.24 bits per heavy atom. The molecule has 0 spiro atoms. The molecule has 3 N–H and O–H groups in total. The number of carbonyl (C=O) groups excluding carboxylic acids is 2. The van der Waals surface area contributed by atoms with Crippen molar-refractivity contribution in [3.8, 4) is 5.75 Å². The Kier molecular flexibility index (Phi) is 4.88. The average Bonchev–Trinajstić information content (AvgIpc) is 2.61. The molecule has 2 aromatic carbocycles. The largest absolute Gasteiger partial charge is 0.495 e. The van der Waals surface area contributed by atoms with E-state index in [-0.39, 0.29) is 18.2 Å². The van der Waals surface area contributed by atoms with E-state index in [1.165, 1.54) is 7.11 Å². The molecule has 0 aromatic heterocycles. The standard InChI is InChI=1S/C19H21N3O3/c1-25-17-8-7-14(12-15(17)20)21-18(23)10-11-22-16-5-3-2-4-13(16)6-9-19(22)24/h2-5,7-8,12H,6,9-11,20H2,1H3,(H,21,23). The van der Waals surface area contributed by atoms with Gasteiger partial charge in [-0.2, -0.15) is 0 Å². The number of nitrogens with zero attached hydrogens (tertiary/aromatic N) is 1. The lowest BCUT2D eigenvalue weighted by atomic mass is 10.0. The van der Waals surface area contributed by atoms with Crippen LogP contribution in [0.15, 0.2) is 42.5 Å². The Bertz CT molecular complexity index is 804. The molecule has 2 aromatic rings. The monoisotopic (exact) mass is 339 g/mol. The normalized spacial score (nSPS) is 13.3. The predicted octanol–water partition coefficient (Wildman–Crippen LogP) is 2.59. The summed E-state index contributed by atoms with van der Waals surface area (Å²) >= 11 is 0. The second kappa shape index (κ2) is 7.25. The van der Waals surface area contributed by atoms with Crippen LogP contribution < -0.4 is 20.7 Å². The summed E-state index contributed by atoms with van der Waals surface area (Å²) < 4.78 is 5.10. The van der Waals surface area contributed by atoms with Gasteiger partial charge in [0.15, 0.2) is 0 Å². The fraction of sp³-hybridized carbons (Fsp3) is 0.263. The highest BCUT2D eigenvalue weighted by Crippen LogP contribution is 2.28. The minimum Gasteiger partial charge on any atom is -0.495 e. The number of rotatable bonds is 5. The van der Waals surface area contributed by atoms with Crippen molar-refractivity contribution in [2.45, 2.75) is 19.3 Å². The number of nitrogens with one attached hydrogen (secondary N) is 1. The number of amides is 2.